The van der Waals surface area contributed by atoms with E-state index in [9.17, 15) is 0 Å². The van der Waals surface area contributed by atoms with Crippen molar-refractivity contribution in [3.05, 3.63) is 93.5 Å². The number of halogens is 2. The van der Waals surface area contributed by atoms with Gasteiger partial charge in [-0.3, -0.25) is 0 Å². The third-order valence-electron chi connectivity index (χ3n) is 4.08. The lowest BCUT2D eigenvalue weighted by molar-refractivity contribution is 0.284. The molecule has 0 aliphatic carbocycles. The van der Waals surface area contributed by atoms with Crippen molar-refractivity contribution in [2.45, 2.75) is 13.2 Å². The molecule has 3 nitrogen and oxygen atoms in total. The van der Waals surface area contributed by atoms with E-state index in [1.807, 2.05) is 60.7 Å². The Bertz CT molecular complexity index is 947. The standard InChI is InChI=1S/C22H19Cl2NO2S/c1-26-20-12-17(22(28)25-13-15-7-9-18(23)10-8-15)11-19(24)21(20)27-14-16-5-3-2-4-6-16/h2-12H,13-14H2,1H3,(H,25,28). The van der Waals surface area contributed by atoms with E-state index in [-0.39, 0.29) is 0 Å². The van der Waals surface area contributed by atoms with E-state index in [1.165, 1.54) is 0 Å². The van der Waals surface area contributed by atoms with Crippen LogP contribution in [0.2, 0.25) is 10.0 Å². The highest BCUT2D eigenvalue weighted by molar-refractivity contribution is 7.80. The fourth-order valence-corrected chi connectivity index (χ4v) is 3.19. The second kappa shape index (κ2) is 9.78. The van der Waals surface area contributed by atoms with Crippen molar-refractivity contribution < 1.29 is 9.47 Å². The van der Waals surface area contributed by atoms with Gasteiger partial charge in [0.05, 0.1) is 12.1 Å². The van der Waals surface area contributed by atoms with Gasteiger partial charge in [0.1, 0.15) is 11.6 Å². The highest BCUT2D eigenvalue weighted by Gasteiger charge is 2.14. The van der Waals surface area contributed by atoms with Gasteiger partial charge in [0, 0.05) is 17.1 Å². The predicted molar refractivity (Wildman–Crippen MR) is 119 cm³/mol. The van der Waals surface area contributed by atoms with Crippen LogP contribution in [0.1, 0.15) is 16.7 Å². The molecule has 6 heteroatoms. The molecule has 0 atom stereocenters. The molecule has 1 N–H and O–H groups in total. The van der Waals surface area contributed by atoms with Crippen LogP contribution in [-0.4, -0.2) is 12.1 Å². The number of nitrogens with one attached hydrogen (secondary N) is 1. The summed E-state index contributed by atoms with van der Waals surface area (Å²) >= 11 is 17.9. The smallest absolute Gasteiger partial charge is 0.180 e. The van der Waals surface area contributed by atoms with Crippen LogP contribution in [-0.2, 0) is 13.2 Å². The quantitative estimate of drug-likeness (QED) is 0.461. The molecule has 0 unspecified atom stereocenters. The summed E-state index contributed by atoms with van der Waals surface area (Å²) in [5, 5.41) is 4.37. The summed E-state index contributed by atoms with van der Waals surface area (Å²) < 4.78 is 11.4. The first-order valence-corrected chi connectivity index (χ1v) is 9.80. The number of rotatable bonds is 7. The number of benzene rings is 3. The number of hydrogen-bond acceptors (Lipinski definition) is 3. The van der Waals surface area contributed by atoms with Crippen molar-refractivity contribution >= 4 is 40.4 Å². The molecule has 3 rings (SSSR count). The van der Waals surface area contributed by atoms with E-state index in [4.69, 9.17) is 44.9 Å². The van der Waals surface area contributed by atoms with Gasteiger partial charge in [-0.1, -0.05) is 77.9 Å². The Hall–Kier alpha value is -2.27. The Morgan fingerprint density at radius 1 is 0.964 bits per heavy atom. The zero-order chi connectivity index (χ0) is 19.9. The average Bonchev–Trinajstić information content (AvgIpc) is 2.72. The topological polar surface area (TPSA) is 30.5 Å². The van der Waals surface area contributed by atoms with Gasteiger partial charge < -0.3 is 14.8 Å². The maximum atomic E-state index is 6.45. The SMILES string of the molecule is COc1cc(C(=S)NCc2ccc(Cl)cc2)cc(Cl)c1OCc1ccccc1. The molecule has 0 radical (unpaired) electrons. The monoisotopic (exact) mass is 431 g/mol. The van der Waals surface area contributed by atoms with Crippen LogP contribution < -0.4 is 14.8 Å². The predicted octanol–water partition coefficient (Wildman–Crippen LogP) is 6.05. The van der Waals surface area contributed by atoms with Crippen molar-refractivity contribution in [3.8, 4) is 11.5 Å². The van der Waals surface area contributed by atoms with E-state index in [2.05, 4.69) is 5.32 Å². The molecule has 0 saturated carbocycles. The van der Waals surface area contributed by atoms with Crippen molar-refractivity contribution in [3.63, 3.8) is 0 Å². The molecule has 0 spiro atoms. The highest BCUT2D eigenvalue weighted by atomic mass is 35.5. The van der Waals surface area contributed by atoms with E-state index in [0.29, 0.717) is 39.7 Å². The normalized spacial score (nSPS) is 10.4. The zero-order valence-corrected chi connectivity index (χ0v) is 17.6. The summed E-state index contributed by atoms with van der Waals surface area (Å²) in [7, 11) is 1.58. The minimum Gasteiger partial charge on any atom is -0.493 e. The van der Waals surface area contributed by atoms with E-state index < -0.39 is 0 Å². The molecule has 0 aliphatic rings. The Kier molecular flexibility index (Phi) is 7.15. The Labute approximate surface area is 180 Å². The fraction of sp³-hybridized carbons (Fsp3) is 0.136. The van der Waals surface area contributed by atoms with E-state index in [0.717, 1.165) is 16.7 Å². The molecule has 28 heavy (non-hydrogen) atoms. The van der Waals surface area contributed by atoms with Crippen LogP contribution in [0.25, 0.3) is 0 Å². The molecule has 0 aromatic heterocycles. The van der Waals surface area contributed by atoms with Gasteiger partial charge in [0.2, 0.25) is 0 Å². The second-order valence-electron chi connectivity index (χ2n) is 6.07. The average molecular weight is 432 g/mol. The van der Waals surface area contributed by atoms with Crippen LogP contribution >= 0.6 is 35.4 Å². The third kappa shape index (κ3) is 5.38. The molecular formula is C22H19Cl2NO2S. The molecule has 3 aromatic carbocycles. The van der Waals surface area contributed by atoms with Gasteiger partial charge in [-0.15, -0.1) is 0 Å². The molecule has 0 bridgehead atoms. The molecule has 0 fully saturated rings. The van der Waals surface area contributed by atoms with Crippen LogP contribution in [0.3, 0.4) is 0 Å². The molecule has 0 saturated heterocycles. The van der Waals surface area contributed by atoms with Crippen LogP contribution in [0.5, 0.6) is 11.5 Å². The second-order valence-corrected chi connectivity index (χ2v) is 7.32. The van der Waals surface area contributed by atoms with Crippen LogP contribution in [0.4, 0.5) is 0 Å². The minimum absolute atomic E-state index is 0.398. The lowest BCUT2D eigenvalue weighted by atomic mass is 10.1. The largest absolute Gasteiger partial charge is 0.493 e. The maximum Gasteiger partial charge on any atom is 0.180 e. The fourth-order valence-electron chi connectivity index (χ4n) is 2.61. The Morgan fingerprint density at radius 2 is 1.68 bits per heavy atom. The summed E-state index contributed by atoms with van der Waals surface area (Å²) in [6, 6.07) is 21.1. The molecular weight excluding hydrogens is 413 g/mol. The first-order valence-electron chi connectivity index (χ1n) is 8.63. The first-order chi connectivity index (χ1) is 13.6. The summed E-state index contributed by atoms with van der Waals surface area (Å²) in [4.78, 5) is 0.574. The van der Waals surface area contributed by atoms with Crippen LogP contribution in [0, 0.1) is 0 Å². The van der Waals surface area contributed by atoms with Gasteiger partial charge in [-0.2, -0.15) is 0 Å². The van der Waals surface area contributed by atoms with Gasteiger partial charge in [-0.05, 0) is 35.4 Å². The third-order valence-corrected chi connectivity index (χ3v) is 5.00. The Balaban J connectivity index is 1.70. The molecule has 144 valence electrons. The number of methoxy groups -OCH3 is 1. The van der Waals surface area contributed by atoms with Gasteiger partial charge in [-0.25, -0.2) is 0 Å². The number of hydrogen-bond donors (Lipinski definition) is 1. The zero-order valence-electron chi connectivity index (χ0n) is 15.2. The van der Waals surface area contributed by atoms with E-state index >= 15 is 0 Å². The van der Waals surface area contributed by atoms with Crippen molar-refractivity contribution in [1.82, 2.24) is 5.32 Å². The first kappa shape index (κ1) is 20.5. The molecule has 0 heterocycles. The Morgan fingerprint density at radius 3 is 2.36 bits per heavy atom. The molecule has 0 amide bonds. The van der Waals surface area contributed by atoms with Crippen molar-refractivity contribution in [2.24, 2.45) is 0 Å². The minimum atomic E-state index is 0.398. The summed E-state index contributed by atoms with van der Waals surface area (Å²) in [6.45, 7) is 0.984. The lowest BCUT2D eigenvalue weighted by Crippen LogP contribution is -2.21. The summed E-state index contributed by atoms with van der Waals surface area (Å²) in [6.07, 6.45) is 0. The van der Waals surface area contributed by atoms with Gasteiger partial charge in [0.15, 0.2) is 11.5 Å². The summed E-state index contributed by atoms with van der Waals surface area (Å²) in [5.41, 5.74) is 2.88. The molecule has 0 aliphatic heterocycles. The van der Waals surface area contributed by atoms with Crippen molar-refractivity contribution in [2.75, 3.05) is 7.11 Å². The highest BCUT2D eigenvalue weighted by Crippen LogP contribution is 2.37. The summed E-state index contributed by atoms with van der Waals surface area (Å²) in [5.74, 6) is 1.03. The lowest BCUT2D eigenvalue weighted by Gasteiger charge is -2.15. The van der Waals surface area contributed by atoms with Gasteiger partial charge >= 0.3 is 0 Å². The maximum absolute atomic E-state index is 6.45. The van der Waals surface area contributed by atoms with Crippen LogP contribution in [0.15, 0.2) is 66.7 Å². The van der Waals surface area contributed by atoms with E-state index in [1.54, 1.807) is 13.2 Å². The van der Waals surface area contributed by atoms with Gasteiger partial charge in [0.25, 0.3) is 0 Å². The molecule has 3 aromatic rings. The van der Waals surface area contributed by atoms with Crippen molar-refractivity contribution in [1.29, 1.82) is 0 Å². The number of ether oxygens (including phenoxy) is 2. The number of thiocarbonyl (C=S) groups is 1.